The fourth-order valence-electron chi connectivity index (χ4n) is 1.71. The van der Waals surface area contributed by atoms with Crippen LogP contribution in [0.5, 0.6) is 0 Å². The Labute approximate surface area is 113 Å². The summed E-state index contributed by atoms with van der Waals surface area (Å²) in [5.74, 6) is -0.117. The number of anilines is 2. The molecule has 0 aromatic heterocycles. The number of Topliss-reactive ketones (excluding diaryl/α,β-unsaturated/α-hetero) is 1. The fraction of sp³-hybridized carbons (Fsp3) is 0.429. The molecule has 1 amide bonds. The number of amides is 1. The third-order valence-electron chi connectivity index (χ3n) is 3.01. The summed E-state index contributed by atoms with van der Waals surface area (Å²) in [4.78, 5) is 23.1. The number of nitrogen functional groups attached to an aromatic ring is 1. The summed E-state index contributed by atoms with van der Waals surface area (Å²) in [6.45, 7) is 5.64. The van der Waals surface area contributed by atoms with Gasteiger partial charge in [-0.2, -0.15) is 0 Å². The van der Waals surface area contributed by atoms with E-state index in [4.69, 9.17) is 5.73 Å². The van der Waals surface area contributed by atoms with Crippen LogP contribution in [0, 0.1) is 5.41 Å². The first-order valence-corrected chi connectivity index (χ1v) is 6.14. The second-order valence-corrected chi connectivity index (χ2v) is 5.17. The Morgan fingerprint density at radius 3 is 2.47 bits per heavy atom. The number of rotatable bonds is 5. The molecule has 0 aliphatic heterocycles. The van der Waals surface area contributed by atoms with Crippen molar-refractivity contribution >= 4 is 23.1 Å². The number of hydrogen-bond donors (Lipinski definition) is 3. The molecule has 0 saturated heterocycles. The maximum absolute atomic E-state index is 11.7. The highest BCUT2D eigenvalue weighted by molar-refractivity contribution is 6.00. The van der Waals surface area contributed by atoms with Gasteiger partial charge in [0.05, 0.1) is 5.41 Å². The summed E-state index contributed by atoms with van der Waals surface area (Å²) in [5.41, 5.74) is 6.92. The first-order valence-electron chi connectivity index (χ1n) is 6.14. The highest BCUT2D eigenvalue weighted by atomic mass is 16.2. The van der Waals surface area contributed by atoms with E-state index in [9.17, 15) is 9.59 Å². The monoisotopic (exact) mass is 263 g/mol. The van der Waals surface area contributed by atoms with Crippen molar-refractivity contribution in [3.8, 4) is 0 Å². The van der Waals surface area contributed by atoms with Crippen LogP contribution < -0.4 is 16.4 Å². The molecular formula is C14H21N3O2. The zero-order valence-corrected chi connectivity index (χ0v) is 11.8. The molecule has 104 valence electrons. The van der Waals surface area contributed by atoms with Crippen molar-refractivity contribution in [2.45, 2.75) is 20.8 Å². The lowest BCUT2D eigenvalue weighted by molar-refractivity contribution is -0.128. The van der Waals surface area contributed by atoms with Gasteiger partial charge >= 0.3 is 0 Å². The predicted molar refractivity (Wildman–Crippen MR) is 77.2 cm³/mol. The van der Waals surface area contributed by atoms with Crippen molar-refractivity contribution in [1.82, 2.24) is 5.32 Å². The fourth-order valence-corrected chi connectivity index (χ4v) is 1.71. The van der Waals surface area contributed by atoms with Crippen LogP contribution in [0.25, 0.3) is 0 Å². The van der Waals surface area contributed by atoms with Gasteiger partial charge in [-0.15, -0.1) is 0 Å². The summed E-state index contributed by atoms with van der Waals surface area (Å²) in [6.07, 6.45) is 0. The number of carbonyl (C=O) groups is 2. The minimum Gasteiger partial charge on any atom is -0.398 e. The number of ketones is 1. The quantitative estimate of drug-likeness (QED) is 0.557. The molecule has 5 nitrogen and oxygen atoms in total. The summed E-state index contributed by atoms with van der Waals surface area (Å²) in [6, 6.07) is 5.19. The van der Waals surface area contributed by atoms with Crippen LogP contribution in [0.1, 0.15) is 31.1 Å². The highest BCUT2D eigenvalue weighted by Gasteiger charge is 2.26. The molecular weight excluding hydrogens is 242 g/mol. The van der Waals surface area contributed by atoms with Crippen molar-refractivity contribution in [2.75, 3.05) is 24.6 Å². The van der Waals surface area contributed by atoms with E-state index in [1.165, 1.54) is 6.92 Å². The van der Waals surface area contributed by atoms with Gasteiger partial charge in [-0.25, -0.2) is 0 Å². The minimum atomic E-state index is -0.535. The van der Waals surface area contributed by atoms with Crippen LogP contribution in [0.3, 0.4) is 0 Å². The van der Waals surface area contributed by atoms with Crippen molar-refractivity contribution in [3.63, 3.8) is 0 Å². The molecule has 1 aromatic rings. The highest BCUT2D eigenvalue weighted by Crippen LogP contribution is 2.21. The zero-order chi connectivity index (χ0) is 14.6. The number of hydrogen-bond acceptors (Lipinski definition) is 4. The predicted octanol–water partition coefficient (Wildman–Crippen LogP) is 1.66. The van der Waals surface area contributed by atoms with E-state index in [1.54, 1.807) is 25.2 Å². The second kappa shape index (κ2) is 5.73. The Balaban J connectivity index is 2.82. The van der Waals surface area contributed by atoms with Gasteiger partial charge in [0.25, 0.3) is 0 Å². The topological polar surface area (TPSA) is 84.2 Å². The maximum atomic E-state index is 11.7. The van der Waals surface area contributed by atoms with Gasteiger partial charge in [0.1, 0.15) is 0 Å². The van der Waals surface area contributed by atoms with Crippen LogP contribution in [-0.4, -0.2) is 25.3 Å². The van der Waals surface area contributed by atoms with Gasteiger partial charge in [-0.05, 0) is 39.0 Å². The summed E-state index contributed by atoms with van der Waals surface area (Å²) in [5, 5.41) is 5.78. The van der Waals surface area contributed by atoms with Gasteiger partial charge in [-0.3, -0.25) is 9.59 Å². The molecule has 0 saturated carbocycles. The third kappa shape index (κ3) is 3.71. The molecule has 1 rings (SSSR count). The Morgan fingerprint density at radius 1 is 1.32 bits per heavy atom. The molecule has 19 heavy (non-hydrogen) atoms. The van der Waals surface area contributed by atoms with Gasteiger partial charge in [0, 0.05) is 30.5 Å². The molecule has 1 aromatic carbocycles. The van der Waals surface area contributed by atoms with Crippen molar-refractivity contribution < 1.29 is 9.59 Å². The third-order valence-corrected chi connectivity index (χ3v) is 3.01. The normalized spacial score (nSPS) is 10.9. The van der Waals surface area contributed by atoms with E-state index in [0.717, 1.165) is 5.69 Å². The standard InChI is InChI=1S/C14H21N3O2/c1-9(18)11-7-10(5-6-12(11)15)17-8-14(2,3)13(19)16-4/h5-7,17H,8,15H2,1-4H3,(H,16,19). The largest absolute Gasteiger partial charge is 0.398 e. The van der Waals surface area contributed by atoms with E-state index in [2.05, 4.69) is 10.6 Å². The number of nitrogens with two attached hydrogens (primary N) is 1. The van der Waals surface area contributed by atoms with Gasteiger partial charge in [-0.1, -0.05) is 0 Å². The molecule has 0 atom stereocenters. The van der Waals surface area contributed by atoms with Crippen LogP contribution in [-0.2, 0) is 4.79 Å². The van der Waals surface area contributed by atoms with Gasteiger partial charge < -0.3 is 16.4 Å². The minimum absolute atomic E-state index is 0.0396. The SMILES string of the molecule is CNC(=O)C(C)(C)CNc1ccc(N)c(C(C)=O)c1. The van der Waals surface area contributed by atoms with E-state index < -0.39 is 5.41 Å². The van der Waals surface area contributed by atoms with E-state index in [-0.39, 0.29) is 11.7 Å². The average Bonchev–Trinajstić information content (AvgIpc) is 2.36. The van der Waals surface area contributed by atoms with Gasteiger partial charge in [0.15, 0.2) is 5.78 Å². The lowest BCUT2D eigenvalue weighted by Gasteiger charge is -2.23. The first-order chi connectivity index (χ1) is 8.77. The van der Waals surface area contributed by atoms with Crippen molar-refractivity contribution in [2.24, 2.45) is 5.41 Å². The molecule has 5 heteroatoms. The summed E-state index contributed by atoms with van der Waals surface area (Å²) in [7, 11) is 1.61. The van der Waals surface area contributed by atoms with Gasteiger partial charge in [0.2, 0.25) is 5.91 Å². The lowest BCUT2D eigenvalue weighted by atomic mass is 9.92. The van der Waals surface area contributed by atoms with E-state index in [0.29, 0.717) is 17.8 Å². The molecule has 0 bridgehead atoms. The van der Waals surface area contributed by atoms with Crippen molar-refractivity contribution in [1.29, 1.82) is 0 Å². The molecule has 0 spiro atoms. The van der Waals surface area contributed by atoms with Crippen LogP contribution in [0.4, 0.5) is 11.4 Å². The Morgan fingerprint density at radius 2 is 1.95 bits per heavy atom. The zero-order valence-electron chi connectivity index (χ0n) is 11.8. The summed E-state index contributed by atoms with van der Waals surface area (Å²) >= 11 is 0. The Kier molecular flexibility index (Phi) is 4.53. The molecule has 0 fully saturated rings. The molecule has 0 radical (unpaired) electrons. The Bertz CT molecular complexity index is 495. The summed E-state index contributed by atoms with van der Waals surface area (Å²) < 4.78 is 0. The lowest BCUT2D eigenvalue weighted by Crippen LogP contribution is -2.39. The molecule has 0 heterocycles. The van der Waals surface area contributed by atoms with Crippen LogP contribution in [0.2, 0.25) is 0 Å². The van der Waals surface area contributed by atoms with Crippen LogP contribution in [0.15, 0.2) is 18.2 Å². The van der Waals surface area contributed by atoms with Crippen LogP contribution >= 0.6 is 0 Å². The maximum Gasteiger partial charge on any atom is 0.227 e. The van der Waals surface area contributed by atoms with E-state index >= 15 is 0 Å². The first kappa shape index (κ1) is 15.0. The molecule has 4 N–H and O–H groups in total. The average molecular weight is 263 g/mol. The second-order valence-electron chi connectivity index (χ2n) is 5.17. The number of benzene rings is 1. The molecule has 0 aliphatic carbocycles. The molecule has 0 aliphatic rings. The smallest absolute Gasteiger partial charge is 0.227 e. The van der Waals surface area contributed by atoms with Crippen molar-refractivity contribution in [3.05, 3.63) is 23.8 Å². The molecule has 0 unspecified atom stereocenters. The van der Waals surface area contributed by atoms with E-state index in [1.807, 2.05) is 13.8 Å². The number of nitrogens with one attached hydrogen (secondary N) is 2. The number of carbonyl (C=O) groups excluding carboxylic acids is 2. The Hall–Kier alpha value is -2.04.